The minimum Gasteiger partial charge on any atom is -0.493 e. The SMILES string of the molecule is COc1cc(-c2sncc2-c2ccc(SC)c(OP(=O)(ON)ON)c2)cc2c1OCO2. The normalized spacial score (nSPS) is 12.8. The van der Waals surface area contributed by atoms with E-state index in [0.29, 0.717) is 22.1 Å². The Balaban J connectivity index is 1.77. The number of nitrogens with zero attached hydrogens (tertiary/aromatic N) is 1. The molecule has 31 heavy (non-hydrogen) atoms. The van der Waals surface area contributed by atoms with Crippen LogP contribution in [0.3, 0.4) is 0 Å². The minimum atomic E-state index is -4.15. The summed E-state index contributed by atoms with van der Waals surface area (Å²) in [6.45, 7) is 0.133. The van der Waals surface area contributed by atoms with Gasteiger partial charge >= 0.3 is 7.82 Å². The zero-order valence-electron chi connectivity index (χ0n) is 16.4. The number of aromatic nitrogens is 1. The Labute approximate surface area is 186 Å². The first-order chi connectivity index (χ1) is 15.0. The van der Waals surface area contributed by atoms with Crippen LogP contribution in [0.2, 0.25) is 0 Å². The first kappa shape index (κ1) is 21.9. The van der Waals surface area contributed by atoms with Gasteiger partial charge in [0.2, 0.25) is 12.5 Å². The van der Waals surface area contributed by atoms with Crippen LogP contribution in [0.1, 0.15) is 0 Å². The molecule has 0 unspecified atom stereocenters. The highest BCUT2D eigenvalue weighted by Crippen LogP contribution is 2.50. The summed E-state index contributed by atoms with van der Waals surface area (Å²) in [7, 11) is -2.58. The van der Waals surface area contributed by atoms with Gasteiger partial charge < -0.3 is 18.7 Å². The number of ether oxygens (including phenoxy) is 3. The van der Waals surface area contributed by atoms with Crippen molar-refractivity contribution in [2.75, 3.05) is 20.2 Å². The molecule has 2 aromatic carbocycles. The highest BCUT2D eigenvalue weighted by atomic mass is 32.2. The number of rotatable bonds is 8. The maximum absolute atomic E-state index is 12.3. The Morgan fingerprint density at radius 1 is 1.13 bits per heavy atom. The highest BCUT2D eigenvalue weighted by Gasteiger charge is 2.29. The van der Waals surface area contributed by atoms with Crippen LogP contribution in [-0.2, 0) is 13.8 Å². The van der Waals surface area contributed by atoms with Crippen LogP contribution in [0.25, 0.3) is 21.6 Å². The molecule has 1 aromatic heterocycles. The standard InChI is InChI=1S/C18H18N3O7PS2/c1-23-14-6-11(7-15-17(14)25-9-24-15)18-12(8-21-31-18)10-3-4-16(30-2)13(5-10)26-29(22,27-19)28-20/h3-8H,9,19-20H2,1-2H3. The van der Waals surface area contributed by atoms with Crippen LogP contribution in [0.15, 0.2) is 41.4 Å². The van der Waals surface area contributed by atoms with Gasteiger partial charge in [0, 0.05) is 22.2 Å². The van der Waals surface area contributed by atoms with Crippen molar-refractivity contribution in [2.45, 2.75) is 4.90 Å². The van der Waals surface area contributed by atoms with Gasteiger partial charge in [-0.15, -0.1) is 11.8 Å². The molecule has 4 rings (SSSR count). The molecule has 0 aliphatic carbocycles. The zero-order valence-corrected chi connectivity index (χ0v) is 18.9. The molecule has 3 aromatic rings. The fourth-order valence-corrected chi connectivity index (χ4v) is 4.87. The van der Waals surface area contributed by atoms with Crippen molar-refractivity contribution in [2.24, 2.45) is 11.8 Å². The number of hydrogen-bond acceptors (Lipinski definition) is 12. The third-order valence-corrected chi connectivity index (χ3v) is 7.00. The smallest absolute Gasteiger partial charge is 0.493 e. The van der Waals surface area contributed by atoms with Crippen molar-refractivity contribution < 1.29 is 32.5 Å². The average molecular weight is 483 g/mol. The summed E-state index contributed by atoms with van der Waals surface area (Å²) in [6.07, 6.45) is 3.57. The summed E-state index contributed by atoms with van der Waals surface area (Å²) in [5.41, 5.74) is 2.42. The van der Waals surface area contributed by atoms with Crippen LogP contribution < -0.4 is 30.5 Å². The molecule has 0 atom stereocenters. The fourth-order valence-electron chi connectivity index (χ4n) is 3.02. The average Bonchev–Trinajstić information content (AvgIpc) is 3.47. The molecule has 0 radical (unpaired) electrons. The van der Waals surface area contributed by atoms with E-state index < -0.39 is 7.82 Å². The predicted molar refractivity (Wildman–Crippen MR) is 116 cm³/mol. The quantitative estimate of drug-likeness (QED) is 0.271. The highest BCUT2D eigenvalue weighted by molar-refractivity contribution is 7.98. The molecule has 0 spiro atoms. The van der Waals surface area contributed by atoms with E-state index in [1.807, 2.05) is 30.5 Å². The molecule has 0 fully saturated rings. The van der Waals surface area contributed by atoms with Gasteiger partial charge in [-0.2, -0.15) is 13.6 Å². The number of fused-ring (bicyclic) bond motifs is 1. The summed E-state index contributed by atoms with van der Waals surface area (Å²) < 4.78 is 47.1. The maximum atomic E-state index is 12.3. The summed E-state index contributed by atoms with van der Waals surface area (Å²) in [5.74, 6) is 12.0. The second kappa shape index (κ2) is 9.05. The van der Waals surface area contributed by atoms with Crippen molar-refractivity contribution in [1.82, 2.24) is 4.37 Å². The summed E-state index contributed by atoms with van der Waals surface area (Å²) in [6, 6.07) is 9.13. The Bertz CT molecular complexity index is 1150. The number of phosphoric acid groups is 1. The molecule has 1 aliphatic rings. The summed E-state index contributed by atoms with van der Waals surface area (Å²) in [4.78, 5) is 1.56. The molecule has 1 aliphatic heterocycles. The second-order valence-corrected chi connectivity index (χ2v) is 9.24. The van der Waals surface area contributed by atoms with E-state index in [1.165, 1.54) is 23.3 Å². The Kier molecular flexibility index (Phi) is 6.39. The molecule has 13 heteroatoms. The van der Waals surface area contributed by atoms with E-state index in [0.717, 1.165) is 21.6 Å². The van der Waals surface area contributed by atoms with Crippen molar-refractivity contribution >= 4 is 31.1 Å². The van der Waals surface area contributed by atoms with Gasteiger partial charge in [0.25, 0.3) is 0 Å². The van der Waals surface area contributed by atoms with E-state index in [9.17, 15) is 4.57 Å². The number of thioether (sulfide) groups is 1. The molecule has 164 valence electrons. The number of nitrogens with two attached hydrogens (primary N) is 2. The first-order valence-corrected chi connectivity index (χ1v) is 12.2. The summed E-state index contributed by atoms with van der Waals surface area (Å²) in [5, 5.41) is 0. The lowest BCUT2D eigenvalue weighted by Crippen LogP contribution is -2.10. The molecule has 0 amide bonds. The predicted octanol–water partition coefficient (Wildman–Crippen LogP) is 4.20. The van der Waals surface area contributed by atoms with Crippen molar-refractivity contribution in [3.8, 4) is 44.6 Å². The van der Waals surface area contributed by atoms with Crippen molar-refractivity contribution in [3.63, 3.8) is 0 Å². The van der Waals surface area contributed by atoms with Crippen molar-refractivity contribution in [3.05, 3.63) is 36.5 Å². The van der Waals surface area contributed by atoms with Crippen LogP contribution in [-0.4, -0.2) is 24.5 Å². The molecule has 0 bridgehead atoms. The van der Waals surface area contributed by atoms with E-state index in [-0.39, 0.29) is 12.5 Å². The van der Waals surface area contributed by atoms with Crippen LogP contribution in [0.5, 0.6) is 23.0 Å². The molecule has 10 nitrogen and oxygen atoms in total. The van der Waals surface area contributed by atoms with E-state index in [2.05, 4.69) is 13.6 Å². The monoisotopic (exact) mass is 483 g/mol. The topological polar surface area (TPSA) is 137 Å². The van der Waals surface area contributed by atoms with E-state index in [4.69, 9.17) is 30.5 Å². The van der Waals surface area contributed by atoms with E-state index in [1.54, 1.807) is 19.4 Å². The van der Waals surface area contributed by atoms with Gasteiger partial charge in [0.15, 0.2) is 11.5 Å². The summed E-state index contributed by atoms with van der Waals surface area (Å²) >= 11 is 2.69. The molecule has 0 saturated heterocycles. The molecule has 2 heterocycles. The lowest BCUT2D eigenvalue weighted by atomic mass is 10.0. The molecular weight excluding hydrogens is 465 g/mol. The Morgan fingerprint density at radius 2 is 1.90 bits per heavy atom. The number of methoxy groups -OCH3 is 1. The maximum Gasteiger partial charge on any atom is 0.563 e. The Hall–Kier alpha value is -2.31. The zero-order chi connectivity index (χ0) is 22.0. The van der Waals surface area contributed by atoms with Crippen molar-refractivity contribution in [1.29, 1.82) is 0 Å². The first-order valence-electron chi connectivity index (χ1n) is 8.69. The lowest BCUT2D eigenvalue weighted by molar-refractivity contribution is 0.158. The molecule has 0 saturated carbocycles. The fraction of sp³-hybridized carbons (Fsp3) is 0.167. The molecular formula is C18H18N3O7PS2. The van der Waals surface area contributed by atoms with Gasteiger partial charge in [-0.25, -0.2) is 16.4 Å². The number of benzene rings is 2. The van der Waals surface area contributed by atoms with Gasteiger partial charge in [0.05, 0.1) is 12.0 Å². The van der Waals surface area contributed by atoms with Gasteiger partial charge in [-0.05, 0) is 47.6 Å². The van der Waals surface area contributed by atoms with Gasteiger partial charge in [-0.3, -0.25) is 0 Å². The molecule has 4 N–H and O–H groups in total. The largest absolute Gasteiger partial charge is 0.563 e. The second-order valence-electron chi connectivity index (χ2n) is 6.10. The van der Waals surface area contributed by atoms with Crippen LogP contribution >= 0.6 is 31.1 Å². The van der Waals surface area contributed by atoms with Gasteiger partial charge in [-0.1, -0.05) is 6.07 Å². The third-order valence-electron chi connectivity index (χ3n) is 4.43. The van der Waals surface area contributed by atoms with E-state index >= 15 is 0 Å². The van der Waals surface area contributed by atoms with Crippen LogP contribution in [0, 0.1) is 0 Å². The third kappa shape index (κ3) is 4.23. The number of hydrogen-bond donors (Lipinski definition) is 2. The Morgan fingerprint density at radius 3 is 2.61 bits per heavy atom. The lowest BCUT2D eigenvalue weighted by Gasteiger charge is -2.16. The van der Waals surface area contributed by atoms with Crippen LogP contribution in [0.4, 0.5) is 0 Å². The van der Waals surface area contributed by atoms with Gasteiger partial charge in [0.1, 0.15) is 5.75 Å². The minimum absolute atomic E-state index is 0.133.